The monoisotopic (exact) mass is 287 g/mol. The van der Waals surface area contributed by atoms with Crippen LogP contribution in [0.25, 0.3) is 0 Å². The molecule has 0 unspecified atom stereocenters. The summed E-state index contributed by atoms with van der Waals surface area (Å²) in [5.74, 6) is 0.781. The average molecular weight is 287 g/mol. The van der Waals surface area contributed by atoms with Gasteiger partial charge in [0.2, 0.25) is 0 Å². The predicted molar refractivity (Wildman–Crippen MR) is 88.9 cm³/mol. The number of likely N-dealkylation sites (tertiary alicyclic amines) is 1. The Labute approximate surface area is 129 Å². The first kappa shape index (κ1) is 15.0. The van der Waals surface area contributed by atoms with Crippen LogP contribution >= 0.6 is 0 Å². The van der Waals surface area contributed by atoms with Crippen LogP contribution in [0.3, 0.4) is 0 Å². The van der Waals surface area contributed by atoms with E-state index in [-0.39, 0.29) is 0 Å². The second kappa shape index (κ2) is 7.39. The highest BCUT2D eigenvalue weighted by Crippen LogP contribution is 2.27. The zero-order valence-corrected chi connectivity index (χ0v) is 13.4. The molecule has 0 aromatic heterocycles. The van der Waals surface area contributed by atoms with Crippen LogP contribution in [0, 0.1) is 0 Å². The number of piperidine rings is 1. The van der Waals surface area contributed by atoms with Crippen LogP contribution in [0.1, 0.15) is 29.9 Å². The van der Waals surface area contributed by atoms with Crippen molar-refractivity contribution in [3.8, 4) is 0 Å². The van der Waals surface area contributed by atoms with Crippen molar-refractivity contribution < 1.29 is 0 Å². The largest absolute Gasteiger partial charge is 0.314 e. The highest BCUT2D eigenvalue weighted by molar-refractivity contribution is 5.26. The normalized spacial score (nSPS) is 22.5. The van der Waals surface area contributed by atoms with Crippen LogP contribution in [-0.4, -0.2) is 62.7 Å². The molecule has 2 saturated heterocycles. The zero-order chi connectivity index (χ0) is 14.5. The van der Waals surface area contributed by atoms with Crippen LogP contribution in [-0.2, 0) is 6.42 Å². The molecule has 0 saturated carbocycles. The predicted octanol–water partition coefficient (Wildman–Crippen LogP) is 1.94. The van der Waals surface area contributed by atoms with Crippen molar-refractivity contribution in [1.29, 1.82) is 0 Å². The molecular formula is C18H29N3. The number of piperazine rings is 1. The smallest absolute Gasteiger partial charge is 0.0108 e. The van der Waals surface area contributed by atoms with Crippen molar-refractivity contribution in [2.45, 2.75) is 25.2 Å². The van der Waals surface area contributed by atoms with E-state index < -0.39 is 0 Å². The topological polar surface area (TPSA) is 18.5 Å². The fourth-order valence-electron chi connectivity index (χ4n) is 3.52. The molecule has 116 valence electrons. The van der Waals surface area contributed by atoms with Crippen molar-refractivity contribution in [2.24, 2.45) is 0 Å². The maximum atomic E-state index is 3.41. The quantitative estimate of drug-likeness (QED) is 0.913. The standard InChI is InChI=1S/C18H29N3/c1-20-11-7-18(8-12-20)17-4-2-16(3-5-17)6-13-21-14-9-19-10-15-21/h2-5,18-19H,6-15H2,1H3. The van der Waals surface area contributed by atoms with Crippen LogP contribution in [0.2, 0.25) is 0 Å². The summed E-state index contributed by atoms with van der Waals surface area (Å²) in [6, 6.07) is 9.47. The highest BCUT2D eigenvalue weighted by atomic mass is 15.2. The lowest BCUT2D eigenvalue weighted by atomic mass is 9.89. The third-order valence-electron chi connectivity index (χ3n) is 5.10. The first-order valence-corrected chi connectivity index (χ1v) is 8.52. The maximum Gasteiger partial charge on any atom is 0.0108 e. The van der Waals surface area contributed by atoms with Gasteiger partial charge in [-0.1, -0.05) is 24.3 Å². The van der Waals surface area contributed by atoms with E-state index in [0.717, 1.165) is 19.0 Å². The minimum atomic E-state index is 0.781. The van der Waals surface area contributed by atoms with Gasteiger partial charge in [0.1, 0.15) is 0 Å². The Bertz CT molecular complexity index is 415. The van der Waals surface area contributed by atoms with Gasteiger partial charge in [-0.25, -0.2) is 0 Å². The van der Waals surface area contributed by atoms with Gasteiger partial charge >= 0.3 is 0 Å². The molecule has 2 aliphatic rings. The Balaban J connectivity index is 1.49. The molecular weight excluding hydrogens is 258 g/mol. The highest BCUT2D eigenvalue weighted by Gasteiger charge is 2.18. The van der Waals surface area contributed by atoms with Crippen LogP contribution in [0.5, 0.6) is 0 Å². The van der Waals surface area contributed by atoms with E-state index >= 15 is 0 Å². The van der Waals surface area contributed by atoms with Gasteiger partial charge in [0.15, 0.2) is 0 Å². The molecule has 2 aliphatic heterocycles. The second-order valence-corrected chi connectivity index (χ2v) is 6.66. The Kier molecular flexibility index (Phi) is 5.28. The molecule has 1 N–H and O–H groups in total. The third kappa shape index (κ3) is 4.29. The van der Waals surface area contributed by atoms with Crippen molar-refractivity contribution in [3.05, 3.63) is 35.4 Å². The van der Waals surface area contributed by atoms with Gasteiger partial charge in [-0.3, -0.25) is 0 Å². The summed E-state index contributed by atoms with van der Waals surface area (Å²) in [6.07, 6.45) is 3.82. The van der Waals surface area contributed by atoms with E-state index in [1.165, 1.54) is 57.5 Å². The summed E-state index contributed by atoms with van der Waals surface area (Å²) in [6.45, 7) is 8.39. The molecule has 3 nitrogen and oxygen atoms in total. The van der Waals surface area contributed by atoms with Crippen molar-refractivity contribution in [3.63, 3.8) is 0 Å². The number of hydrogen-bond acceptors (Lipinski definition) is 3. The van der Waals surface area contributed by atoms with E-state index in [2.05, 4.69) is 46.4 Å². The lowest BCUT2D eigenvalue weighted by molar-refractivity contribution is 0.244. The Hall–Kier alpha value is -0.900. The third-order valence-corrected chi connectivity index (χ3v) is 5.10. The summed E-state index contributed by atoms with van der Waals surface area (Å²) >= 11 is 0. The van der Waals surface area contributed by atoms with E-state index in [0.29, 0.717) is 0 Å². The molecule has 21 heavy (non-hydrogen) atoms. The van der Waals surface area contributed by atoms with E-state index in [4.69, 9.17) is 0 Å². The lowest BCUT2D eigenvalue weighted by Gasteiger charge is -2.29. The molecule has 3 rings (SSSR count). The molecule has 0 atom stereocenters. The summed E-state index contributed by atoms with van der Waals surface area (Å²) in [7, 11) is 2.23. The molecule has 1 aromatic rings. The van der Waals surface area contributed by atoms with Crippen molar-refractivity contribution >= 4 is 0 Å². The number of hydrogen-bond donors (Lipinski definition) is 1. The SMILES string of the molecule is CN1CCC(c2ccc(CCN3CCNCC3)cc2)CC1. The van der Waals surface area contributed by atoms with Crippen LogP contribution in [0.15, 0.2) is 24.3 Å². The molecule has 2 heterocycles. The van der Waals surface area contributed by atoms with Gasteiger partial charge in [0.05, 0.1) is 0 Å². The summed E-state index contributed by atoms with van der Waals surface area (Å²) in [5.41, 5.74) is 3.04. The maximum absolute atomic E-state index is 3.41. The van der Waals surface area contributed by atoms with Crippen LogP contribution in [0.4, 0.5) is 0 Å². The Morgan fingerprint density at radius 1 is 1.00 bits per heavy atom. The van der Waals surface area contributed by atoms with Gasteiger partial charge < -0.3 is 15.1 Å². The van der Waals surface area contributed by atoms with E-state index in [1.54, 1.807) is 5.56 Å². The van der Waals surface area contributed by atoms with Crippen molar-refractivity contribution in [2.75, 3.05) is 52.9 Å². The van der Waals surface area contributed by atoms with Gasteiger partial charge in [-0.05, 0) is 56.4 Å². The summed E-state index contributed by atoms with van der Waals surface area (Å²) < 4.78 is 0. The molecule has 3 heteroatoms. The van der Waals surface area contributed by atoms with Gasteiger partial charge in [0, 0.05) is 32.7 Å². The van der Waals surface area contributed by atoms with E-state index in [9.17, 15) is 0 Å². The molecule has 0 amide bonds. The van der Waals surface area contributed by atoms with E-state index in [1.807, 2.05) is 0 Å². The first-order chi connectivity index (χ1) is 10.3. The number of nitrogens with zero attached hydrogens (tertiary/aromatic N) is 2. The number of nitrogens with one attached hydrogen (secondary N) is 1. The zero-order valence-electron chi connectivity index (χ0n) is 13.4. The fraction of sp³-hybridized carbons (Fsp3) is 0.667. The molecule has 0 radical (unpaired) electrons. The molecule has 2 fully saturated rings. The number of rotatable bonds is 4. The minimum Gasteiger partial charge on any atom is -0.314 e. The minimum absolute atomic E-state index is 0.781. The van der Waals surface area contributed by atoms with Crippen LogP contribution < -0.4 is 5.32 Å². The fourth-order valence-corrected chi connectivity index (χ4v) is 3.52. The Morgan fingerprint density at radius 2 is 1.67 bits per heavy atom. The van der Waals surface area contributed by atoms with Gasteiger partial charge in [0.25, 0.3) is 0 Å². The first-order valence-electron chi connectivity index (χ1n) is 8.52. The molecule has 1 aromatic carbocycles. The number of benzene rings is 1. The summed E-state index contributed by atoms with van der Waals surface area (Å²) in [5, 5.41) is 3.41. The molecule has 0 aliphatic carbocycles. The van der Waals surface area contributed by atoms with Gasteiger partial charge in [-0.15, -0.1) is 0 Å². The second-order valence-electron chi connectivity index (χ2n) is 6.66. The average Bonchev–Trinajstić information content (AvgIpc) is 2.55. The lowest BCUT2D eigenvalue weighted by Crippen LogP contribution is -2.44. The molecule has 0 bridgehead atoms. The van der Waals surface area contributed by atoms with Crippen molar-refractivity contribution in [1.82, 2.24) is 15.1 Å². The molecule has 0 spiro atoms. The van der Waals surface area contributed by atoms with Gasteiger partial charge in [-0.2, -0.15) is 0 Å². The Morgan fingerprint density at radius 3 is 2.33 bits per heavy atom. The summed E-state index contributed by atoms with van der Waals surface area (Å²) in [4.78, 5) is 5.01.